The number of aromatic nitrogens is 4. The van der Waals surface area contributed by atoms with Gasteiger partial charge < -0.3 is 9.88 Å². The first-order valence-electron chi connectivity index (χ1n) is 9.10. The van der Waals surface area contributed by atoms with E-state index in [4.69, 9.17) is 0 Å². The van der Waals surface area contributed by atoms with Crippen LogP contribution in [0.25, 0.3) is 10.9 Å². The van der Waals surface area contributed by atoms with Crippen molar-refractivity contribution >= 4 is 16.8 Å². The Morgan fingerprint density at radius 2 is 2.08 bits per heavy atom. The summed E-state index contributed by atoms with van der Waals surface area (Å²) in [5, 5.41) is 12.7. The number of para-hydroxylation sites is 1. The highest BCUT2D eigenvalue weighted by Gasteiger charge is 2.23. The molecule has 2 aromatic heterocycles. The number of carbonyl (C=O) groups is 1. The van der Waals surface area contributed by atoms with Crippen LogP contribution in [0.15, 0.2) is 24.3 Å². The number of nitrogens with zero attached hydrogens (tertiary/aromatic N) is 4. The lowest BCUT2D eigenvalue weighted by molar-refractivity contribution is -0.121. The standard InChI is InChI=1S/C20H23N5O/c1-12-15-7-4-5-8-17(15)21-13(2)16(12)11-19(26)22-14(3)20-24-23-18-9-6-10-25(18)20/h4-5,7-8,14H,6,9-11H2,1-3H3,(H,22,26)/t14-/m0/s1. The third-order valence-corrected chi connectivity index (χ3v) is 5.23. The fourth-order valence-corrected chi connectivity index (χ4v) is 3.84. The van der Waals surface area contributed by atoms with Crippen LogP contribution in [0.1, 0.15) is 47.9 Å². The van der Waals surface area contributed by atoms with Gasteiger partial charge in [-0.3, -0.25) is 9.78 Å². The molecule has 0 bridgehead atoms. The molecule has 4 rings (SSSR count). The van der Waals surface area contributed by atoms with Gasteiger partial charge in [0.2, 0.25) is 5.91 Å². The molecule has 3 aromatic rings. The van der Waals surface area contributed by atoms with Gasteiger partial charge in [-0.25, -0.2) is 0 Å². The molecule has 3 heterocycles. The lowest BCUT2D eigenvalue weighted by Gasteiger charge is -2.16. The van der Waals surface area contributed by atoms with E-state index in [1.165, 1.54) is 0 Å². The van der Waals surface area contributed by atoms with Crippen LogP contribution in [-0.4, -0.2) is 25.7 Å². The average Bonchev–Trinajstić information content (AvgIpc) is 3.22. The van der Waals surface area contributed by atoms with Gasteiger partial charge in [0.05, 0.1) is 18.0 Å². The molecule has 1 aromatic carbocycles. The topological polar surface area (TPSA) is 72.7 Å². The molecule has 0 unspecified atom stereocenters. The number of fused-ring (bicyclic) bond motifs is 2. The van der Waals surface area contributed by atoms with Crippen molar-refractivity contribution in [1.82, 2.24) is 25.1 Å². The van der Waals surface area contributed by atoms with Gasteiger partial charge in [-0.1, -0.05) is 18.2 Å². The van der Waals surface area contributed by atoms with Crippen LogP contribution in [0.4, 0.5) is 0 Å². The van der Waals surface area contributed by atoms with Gasteiger partial charge in [0, 0.05) is 24.0 Å². The van der Waals surface area contributed by atoms with Crippen molar-refractivity contribution in [3.05, 3.63) is 52.7 Å². The van der Waals surface area contributed by atoms with Gasteiger partial charge in [-0.05, 0) is 44.4 Å². The number of carbonyl (C=O) groups excluding carboxylic acids is 1. The SMILES string of the molecule is Cc1nc2ccccc2c(C)c1CC(=O)N[C@@H](C)c1nnc2n1CCC2. The Bertz CT molecular complexity index is 991. The van der Waals surface area contributed by atoms with E-state index in [0.29, 0.717) is 6.42 Å². The lowest BCUT2D eigenvalue weighted by Crippen LogP contribution is -2.30. The zero-order valence-corrected chi connectivity index (χ0v) is 15.4. The maximum absolute atomic E-state index is 12.7. The molecule has 0 saturated heterocycles. The van der Waals surface area contributed by atoms with E-state index >= 15 is 0 Å². The fourth-order valence-electron chi connectivity index (χ4n) is 3.84. The molecule has 0 saturated carbocycles. The first-order chi connectivity index (χ1) is 12.5. The van der Waals surface area contributed by atoms with Crippen molar-refractivity contribution in [1.29, 1.82) is 0 Å². The Kier molecular flexibility index (Phi) is 4.18. The van der Waals surface area contributed by atoms with E-state index in [0.717, 1.165) is 58.8 Å². The van der Waals surface area contributed by atoms with Crippen molar-refractivity contribution in [2.24, 2.45) is 0 Å². The number of amides is 1. The Morgan fingerprint density at radius 3 is 2.92 bits per heavy atom. The molecular weight excluding hydrogens is 326 g/mol. The van der Waals surface area contributed by atoms with Gasteiger partial charge >= 0.3 is 0 Å². The molecule has 1 aliphatic rings. The molecule has 134 valence electrons. The molecule has 0 spiro atoms. The maximum Gasteiger partial charge on any atom is 0.225 e. The van der Waals surface area contributed by atoms with Crippen LogP contribution < -0.4 is 5.32 Å². The van der Waals surface area contributed by atoms with Crippen molar-refractivity contribution < 1.29 is 4.79 Å². The van der Waals surface area contributed by atoms with Crippen molar-refractivity contribution in [2.75, 3.05) is 0 Å². The summed E-state index contributed by atoms with van der Waals surface area (Å²) in [6.07, 6.45) is 2.38. The van der Waals surface area contributed by atoms with E-state index in [9.17, 15) is 4.79 Å². The summed E-state index contributed by atoms with van der Waals surface area (Å²) < 4.78 is 2.12. The van der Waals surface area contributed by atoms with Crippen LogP contribution in [-0.2, 0) is 24.2 Å². The molecule has 1 N–H and O–H groups in total. The minimum Gasteiger partial charge on any atom is -0.346 e. The van der Waals surface area contributed by atoms with E-state index in [-0.39, 0.29) is 11.9 Å². The molecule has 26 heavy (non-hydrogen) atoms. The Hall–Kier alpha value is -2.76. The number of aryl methyl sites for hydroxylation is 3. The summed E-state index contributed by atoms with van der Waals surface area (Å²) in [5.74, 6) is 1.85. The molecule has 0 radical (unpaired) electrons. The smallest absolute Gasteiger partial charge is 0.225 e. The monoisotopic (exact) mass is 349 g/mol. The van der Waals surface area contributed by atoms with E-state index in [2.05, 4.69) is 38.1 Å². The predicted octanol–water partition coefficient (Wildman–Crippen LogP) is 2.81. The van der Waals surface area contributed by atoms with Crippen LogP contribution in [0.5, 0.6) is 0 Å². The Labute approximate surface area is 152 Å². The zero-order chi connectivity index (χ0) is 18.3. The number of pyridine rings is 1. The number of rotatable bonds is 4. The number of hydrogen-bond acceptors (Lipinski definition) is 4. The molecule has 1 atom stereocenters. The Morgan fingerprint density at radius 1 is 1.27 bits per heavy atom. The summed E-state index contributed by atoms with van der Waals surface area (Å²) in [7, 11) is 0. The third-order valence-electron chi connectivity index (χ3n) is 5.23. The minimum atomic E-state index is -0.157. The number of hydrogen-bond donors (Lipinski definition) is 1. The van der Waals surface area contributed by atoms with Crippen LogP contribution in [0, 0.1) is 13.8 Å². The van der Waals surface area contributed by atoms with Crippen LogP contribution in [0.2, 0.25) is 0 Å². The minimum absolute atomic E-state index is 0.0175. The Balaban J connectivity index is 1.54. The molecule has 6 nitrogen and oxygen atoms in total. The van der Waals surface area contributed by atoms with Gasteiger partial charge in [0.25, 0.3) is 0 Å². The highest BCUT2D eigenvalue weighted by atomic mass is 16.1. The molecule has 0 aliphatic carbocycles. The average molecular weight is 349 g/mol. The second-order valence-corrected chi connectivity index (χ2v) is 7.01. The van der Waals surface area contributed by atoms with Crippen LogP contribution in [0.3, 0.4) is 0 Å². The van der Waals surface area contributed by atoms with Crippen molar-refractivity contribution in [3.8, 4) is 0 Å². The number of benzene rings is 1. The van der Waals surface area contributed by atoms with Gasteiger partial charge in [0.15, 0.2) is 5.82 Å². The molecule has 6 heteroatoms. The first-order valence-corrected chi connectivity index (χ1v) is 9.10. The zero-order valence-electron chi connectivity index (χ0n) is 15.4. The quantitative estimate of drug-likeness (QED) is 0.786. The summed E-state index contributed by atoms with van der Waals surface area (Å²) >= 11 is 0. The second-order valence-electron chi connectivity index (χ2n) is 7.01. The molecule has 1 amide bonds. The molecular formula is C20H23N5O. The third kappa shape index (κ3) is 2.85. The maximum atomic E-state index is 12.7. The van der Waals surface area contributed by atoms with Crippen molar-refractivity contribution in [3.63, 3.8) is 0 Å². The van der Waals surface area contributed by atoms with E-state index in [1.54, 1.807) is 0 Å². The summed E-state index contributed by atoms with van der Waals surface area (Å²) in [5.41, 5.74) is 4.01. The van der Waals surface area contributed by atoms with Gasteiger partial charge in [0.1, 0.15) is 5.82 Å². The van der Waals surface area contributed by atoms with E-state index < -0.39 is 0 Å². The largest absolute Gasteiger partial charge is 0.346 e. The highest BCUT2D eigenvalue weighted by molar-refractivity contribution is 5.86. The van der Waals surface area contributed by atoms with Gasteiger partial charge in [-0.2, -0.15) is 0 Å². The predicted molar refractivity (Wildman–Crippen MR) is 99.8 cm³/mol. The first kappa shape index (κ1) is 16.7. The van der Waals surface area contributed by atoms with Crippen LogP contribution >= 0.6 is 0 Å². The van der Waals surface area contributed by atoms with Crippen molar-refractivity contribution in [2.45, 2.75) is 52.6 Å². The summed E-state index contributed by atoms with van der Waals surface area (Å²) in [4.78, 5) is 17.3. The fraction of sp³-hybridized carbons (Fsp3) is 0.400. The van der Waals surface area contributed by atoms with Gasteiger partial charge in [-0.15, -0.1) is 10.2 Å². The lowest BCUT2D eigenvalue weighted by atomic mass is 9.99. The second kappa shape index (κ2) is 6.52. The summed E-state index contributed by atoms with van der Waals surface area (Å²) in [6.45, 7) is 6.93. The molecule has 0 fully saturated rings. The normalized spacial score (nSPS) is 14.4. The highest BCUT2D eigenvalue weighted by Crippen LogP contribution is 2.23. The molecule has 1 aliphatic heterocycles. The van der Waals surface area contributed by atoms with E-state index in [1.807, 2.05) is 32.0 Å². The summed E-state index contributed by atoms with van der Waals surface area (Å²) in [6, 6.07) is 7.90. The number of nitrogens with one attached hydrogen (secondary N) is 1.